The molecule has 0 N–H and O–H groups in total. The Bertz CT molecular complexity index is 64.3. The van der Waals surface area contributed by atoms with Gasteiger partial charge in [0.05, 0.1) is 6.61 Å². The van der Waals surface area contributed by atoms with Gasteiger partial charge >= 0.3 is 25.7 Å². The summed E-state index contributed by atoms with van der Waals surface area (Å²) in [5.41, 5.74) is 0. The number of hydrogen-bond donors (Lipinski definition) is 0. The topological polar surface area (TPSA) is 43.4 Å². The van der Waals surface area contributed by atoms with Gasteiger partial charge < -0.3 is 4.74 Å². The molecule has 0 unspecified atom stereocenters. The van der Waals surface area contributed by atoms with Gasteiger partial charge in [-0.2, -0.15) is 0 Å². The summed E-state index contributed by atoms with van der Waals surface area (Å²) in [6, 6.07) is 0. The minimum atomic E-state index is -0.211. The van der Waals surface area contributed by atoms with Gasteiger partial charge in [-0.3, -0.25) is 4.79 Å². The van der Waals surface area contributed by atoms with Crippen LogP contribution in [-0.4, -0.2) is 12.6 Å². The zero-order valence-electron chi connectivity index (χ0n) is 4.73. The molecule has 8 heavy (non-hydrogen) atoms. The molecule has 0 saturated heterocycles. The summed E-state index contributed by atoms with van der Waals surface area (Å²) in [7, 11) is 0. The normalized spacial score (nSPS) is 6.50. The van der Waals surface area contributed by atoms with Crippen molar-refractivity contribution in [3.63, 3.8) is 0 Å². The molecule has 0 heterocycles. The van der Waals surface area contributed by atoms with Crippen LogP contribution < -0.4 is 0 Å². The first-order valence-corrected chi connectivity index (χ1v) is 2.41. The molecule has 0 rings (SSSR count). The van der Waals surface area contributed by atoms with E-state index in [4.69, 9.17) is 3.83 Å². The van der Waals surface area contributed by atoms with Crippen molar-refractivity contribution in [2.24, 2.45) is 0 Å². The van der Waals surface area contributed by atoms with Gasteiger partial charge in [-0.25, -0.2) is 0 Å². The molecule has 0 spiro atoms. The van der Waals surface area contributed by atoms with Crippen molar-refractivity contribution in [2.75, 3.05) is 6.61 Å². The number of rotatable bonds is 1. The van der Waals surface area contributed by atoms with Crippen LogP contribution in [-0.2, 0) is 29.3 Å². The van der Waals surface area contributed by atoms with Crippen molar-refractivity contribution >= 4 is 5.97 Å². The second kappa shape index (κ2) is 9.92. The fourth-order valence-electron chi connectivity index (χ4n) is 0.203. The third-order valence-corrected chi connectivity index (χ3v) is 0.348. The Morgan fingerprint density at radius 1 is 1.62 bits per heavy atom. The fourth-order valence-corrected chi connectivity index (χ4v) is 0.203. The van der Waals surface area contributed by atoms with Gasteiger partial charge in [0.25, 0.3) is 0 Å². The summed E-state index contributed by atoms with van der Waals surface area (Å²) in [6.45, 7) is 3.65. The fraction of sp³-hybridized carbons (Fsp3) is 0.750. The molecular weight excluding hydrogens is 160 g/mol. The molecule has 0 aromatic heterocycles. The van der Waals surface area contributed by atoms with Crippen LogP contribution in [0.2, 0.25) is 0 Å². The first-order chi connectivity index (χ1) is 3.77. The van der Waals surface area contributed by atoms with E-state index in [-0.39, 0.29) is 5.97 Å². The van der Waals surface area contributed by atoms with Crippen LogP contribution in [0.3, 0.4) is 0 Å². The van der Waals surface area contributed by atoms with Gasteiger partial charge in [0.15, 0.2) is 0 Å². The summed E-state index contributed by atoms with van der Waals surface area (Å²) in [5, 5.41) is 0. The third kappa shape index (κ3) is 17.1. The molecule has 0 atom stereocenters. The molecule has 0 aliphatic rings. The predicted molar refractivity (Wildman–Crippen MR) is 23.0 cm³/mol. The van der Waals surface area contributed by atoms with Gasteiger partial charge in [0.2, 0.25) is 0 Å². The van der Waals surface area contributed by atoms with E-state index in [1.165, 1.54) is 6.92 Å². The zero-order chi connectivity index (χ0) is 6.99. The van der Waals surface area contributed by atoms with E-state index in [0.29, 0.717) is 6.61 Å². The van der Waals surface area contributed by atoms with Crippen LogP contribution in [0, 0.1) is 0 Å². The summed E-state index contributed by atoms with van der Waals surface area (Å²) >= 11 is 2.94. The number of carbonyl (C=O) groups is 1. The van der Waals surface area contributed by atoms with Crippen molar-refractivity contribution in [3.8, 4) is 0 Å². The Morgan fingerprint density at radius 3 is 2.00 bits per heavy atom. The molecule has 0 aliphatic carbocycles. The Hall–Kier alpha value is -0.211. The average molecular weight is 168 g/mol. The minimum absolute atomic E-state index is 0.211. The van der Waals surface area contributed by atoms with Crippen molar-refractivity contribution in [1.29, 1.82) is 0 Å². The molecule has 0 amide bonds. The monoisotopic (exact) mass is 167 g/mol. The molecule has 3 nitrogen and oxygen atoms in total. The van der Waals surface area contributed by atoms with Gasteiger partial charge in [-0.1, -0.05) is 0 Å². The van der Waals surface area contributed by atoms with Gasteiger partial charge in [-0.05, 0) is 6.92 Å². The van der Waals surface area contributed by atoms with Crippen LogP contribution in [0.4, 0.5) is 0 Å². The van der Waals surface area contributed by atoms with Gasteiger partial charge in [-0.15, -0.1) is 0 Å². The molecule has 4 heteroatoms. The standard InChI is InChI=1S/C4H8O2.Cu.O/c1-3-6-4(2)5;;/h3H2,1-2H3;;. The van der Waals surface area contributed by atoms with E-state index in [0.717, 1.165) is 0 Å². The van der Waals surface area contributed by atoms with Crippen LogP contribution in [0.1, 0.15) is 13.8 Å². The average Bonchev–Trinajstić information content (AvgIpc) is 1.72. The van der Waals surface area contributed by atoms with Crippen LogP contribution in [0.15, 0.2) is 0 Å². The maximum atomic E-state index is 9.82. The number of carbonyl (C=O) groups excluding carboxylic acids is 1. The van der Waals surface area contributed by atoms with E-state index >= 15 is 0 Å². The van der Waals surface area contributed by atoms with Crippen molar-refractivity contribution < 1.29 is 29.3 Å². The molecule has 0 aromatic carbocycles. The second-order valence-corrected chi connectivity index (χ2v) is 0.925. The predicted octanol–water partition coefficient (Wildman–Crippen LogP) is 0.448. The summed E-state index contributed by atoms with van der Waals surface area (Å²) in [5.74, 6) is -0.211. The Kier molecular flexibility index (Phi) is 13.3. The number of esters is 1. The first kappa shape index (κ1) is 10.7. The summed E-state index contributed by atoms with van der Waals surface area (Å²) in [4.78, 5) is 9.82. The molecule has 0 radical (unpaired) electrons. The van der Waals surface area contributed by atoms with Gasteiger partial charge in [0.1, 0.15) is 0 Å². The zero-order valence-corrected chi connectivity index (χ0v) is 5.68. The van der Waals surface area contributed by atoms with Crippen LogP contribution >= 0.6 is 0 Å². The molecular formula is C4H8CuO3. The maximum absolute atomic E-state index is 9.82. The molecule has 0 fully saturated rings. The SMILES string of the molecule is CCOC(C)=O.[O]=[Cu]. The third-order valence-electron chi connectivity index (χ3n) is 0.348. The van der Waals surface area contributed by atoms with Crippen molar-refractivity contribution in [2.45, 2.75) is 13.8 Å². The summed E-state index contributed by atoms with van der Waals surface area (Å²) < 4.78 is 12.2. The van der Waals surface area contributed by atoms with E-state index in [1.807, 2.05) is 0 Å². The number of hydrogen-bond acceptors (Lipinski definition) is 3. The molecule has 53 valence electrons. The summed E-state index contributed by atoms with van der Waals surface area (Å²) in [6.07, 6.45) is 0. The quantitative estimate of drug-likeness (QED) is 0.421. The first-order valence-electron chi connectivity index (χ1n) is 2.03. The van der Waals surface area contributed by atoms with Crippen molar-refractivity contribution in [1.82, 2.24) is 0 Å². The van der Waals surface area contributed by atoms with Crippen LogP contribution in [0.5, 0.6) is 0 Å². The molecule has 0 saturated carbocycles. The Labute approximate surface area is 56.4 Å². The van der Waals surface area contributed by atoms with E-state index in [2.05, 4.69) is 20.7 Å². The van der Waals surface area contributed by atoms with Crippen molar-refractivity contribution in [3.05, 3.63) is 0 Å². The van der Waals surface area contributed by atoms with E-state index in [9.17, 15) is 4.79 Å². The Balaban J connectivity index is 0. The Morgan fingerprint density at radius 2 is 2.00 bits per heavy atom. The van der Waals surface area contributed by atoms with Crippen LogP contribution in [0.25, 0.3) is 0 Å². The molecule has 0 aliphatic heterocycles. The van der Waals surface area contributed by atoms with E-state index in [1.54, 1.807) is 6.92 Å². The van der Waals surface area contributed by atoms with Gasteiger partial charge in [0, 0.05) is 6.92 Å². The van der Waals surface area contributed by atoms with E-state index < -0.39 is 0 Å². The second-order valence-electron chi connectivity index (χ2n) is 0.925. The molecule has 0 aromatic rings. The molecule has 0 bridgehead atoms. The number of ether oxygens (including phenoxy) is 1.